The van der Waals surface area contributed by atoms with Crippen molar-refractivity contribution in [2.24, 2.45) is 18.7 Å². The smallest absolute Gasteiger partial charge is 0.0861 e. The van der Waals surface area contributed by atoms with Gasteiger partial charge < -0.3 is 5.73 Å². The molecule has 0 saturated heterocycles. The lowest BCUT2D eigenvalue weighted by Crippen LogP contribution is -2.17. The molecule has 0 spiro atoms. The van der Waals surface area contributed by atoms with Crippen LogP contribution in [0, 0.1) is 5.92 Å². The summed E-state index contributed by atoms with van der Waals surface area (Å²) in [4.78, 5) is 1.68. The first-order valence-electron chi connectivity index (χ1n) is 4.88. The molecule has 1 atom stereocenters. The van der Waals surface area contributed by atoms with Crippen LogP contribution in [0.3, 0.4) is 0 Å². The number of hydrogen-bond acceptors (Lipinski definition) is 3. The zero-order chi connectivity index (χ0) is 9.26. The Morgan fingerprint density at radius 3 is 3.00 bits per heavy atom. The minimum Gasteiger partial charge on any atom is -0.330 e. The summed E-state index contributed by atoms with van der Waals surface area (Å²) in [6, 6.07) is 0. The molecule has 2 rings (SSSR count). The summed E-state index contributed by atoms with van der Waals surface area (Å²) in [6.45, 7) is 0.792. The molecule has 4 nitrogen and oxygen atoms in total. The molecule has 4 heteroatoms. The van der Waals surface area contributed by atoms with Crippen LogP contribution in [0.25, 0.3) is 0 Å². The van der Waals surface area contributed by atoms with Gasteiger partial charge in [0.25, 0.3) is 0 Å². The van der Waals surface area contributed by atoms with Gasteiger partial charge >= 0.3 is 0 Å². The van der Waals surface area contributed by atoms with Crippen molar-refractivity contribution in [3.8, 4) is 0 Å². The second-order valence-electron chi connectivity index (χ2n) is 3.77. The van der Waals surface area contributed by atoms with Crippen LogP contribution < -0.4 is 5.73 Å². The fourth-order valence-corrected chi connectivity index (χ4v) is 2.04. The van der Waals surface area contributed by atoms with Gasteiger partial charge in [-0.05, 0) is 38.1 Å². The number of hydrogen-bond donors (Lipinski definition) is 1. The Balaban J connectivity index is 2.10. The predicted octanol–water partition coefficient (Wildman–Crippen LogP) is 0.269. The van der Waals surface area contributed by atoms with Crippen LogP contribution in [0.5, 0.6) is 0 Å². The van der Waals surface area contributed by atoms with E-state index in [0.29, 0.717) is 0 Å². The van der Waals surface area contributed by atoms with Crippen molar-refractivity contribution in [1.29, 1.82) is 0 Å². The number of rotatable bonds is 2. The molecule has 1 aromatic heterocycles. The summed E-state index contributed by atoms with van der Waals surface area (Å²) in [5.74, 6) is 0.731. The van der Waals surface area contributed by atoms with Crippen LogP contribution in [0.2, 0.25) is 0 Å². The maximum atomic E-state index is 5.54. The van der Waals surface area contributed by atoms with Crippen molar-refractivity contribution in [2.75, 3.05) is 6.54 Å². The third-order valence-corrected chi connectivity index (χ3v) is 2.71. The normalized spacial score (nSPS) is 21.5. The van der Waals surface area contributed by atoms with Crippen molar-refractivity contribution in [3.63, 3.8) is 0 Å². The van der Waals surface area contributed by atoms with E-state index in [0.717, 1.165) is 31.7 Å². The molecule has 1 aromatic rings. The Hall–Kier alpha value is -0.900. The fraction of sp³-hybridized carbons (Fsp3) is 0.778. The Morgan fingerprint density at radius 2 is 2.23 bits per heavy atom. The Kier molecular flexibility index (Phi) is 2.31. The van der Waals surface area contributed by atoms with Crippen molar-refractivity contribution in [1.82, 2.24) is 15.0 Å². The first-order valence-corrected chi connectivity index (χ1v) is 4.88. The third kappa shape index (κ3) is 1.72. The molecule has 2 N–H and O–H groups in total. The zero-order valence-electron chi connectivity index (χ0n) is 8.03. The molecule has 0 saturated carbocycles. The molecule has 1 unspecified atom stereocenters. The van der Waals surface area contributed by atoms with Crippen LogP contribution in [-0.4, -0.2) is 21.5 Å². The number of aryl methyl sites for hydroxylation is 2. The van der Waals surface area contributed by atoms with Crippen LogP contribution in [0.4, 0.5) is 0 Å². The minimum absolute atomic E-state index is 0.731. The highest BCUT2D eigenvalue weighted by Gasteiger charge is 2.21. The van der Waals surface area contributed by atoms with Gasteiger partial charge in [0.1, 0.15) is 0 Å². The van der Waals surface area contributed by atoms with E-state index >= 15 is 0 Å². The second-order valence-corrected chi connectivity index (χ2v) is 3.77. The highest BCUT2D eigenvalue weighted by molar-refractivity contribution is 5.13. The van der Waals surface area contributed by atoms with Gasteiger partial charge in [-0.15, -0.1) is 0 Å². The highest BCUT2D eigenvalue weighted by Crippen LogP contribution is 2.24. The van der Waals surface area contributed by atoms with E-state index in [1.807, 2.05) is 7.05 Å². The molecule has 72 valence electrons. The lowest BCUT2D eigenvalue weighted by Gasteiger charge is -2.18. The predicted molar refractivity (Wildman–Crippen MR) is 50.2 cm³/mol. The summed E-state index contributed by atoms with van der Waals surface area (Å²) in [6.07, 6.45) is 4.49. The average Bonchev–Trinajstić information content (AvgIpc) is 2.44. The van der Waals surface area contributed by atoms with Gasteiger partial charge in [-0.2, -0.15) is 15.0 Å². The lowest BCUT2D eigenvalue weighted by molar-refractivity contribution is 0.426. The summed E-state index contributed by atoms with van der Waals surface area (Å²) >= 11 is 0. The summed E-state index contributed by atoms with van der Waals surface area (Å²) in [5, 5.41) is 8.67. The van der Waals surface area contributed by atoms with Crippen molar-refractivity contribution in [2.45, 2.75) is 25.7 Å². The van der Waals surface area contributed by atoms with E-state index in [2.05, 4.69) is 10.2 Å². The monoisotopic (exact) mass is 180 g/mol. The third-order valence-electron chi connectivity index (χ3n) is 2.71. The van der Waals surface area contributed by atoms with Gasteiger partial charge in [0, 0.05) is 7.05 Å². The summed E-state index contributed by atoms with van der Waals surface area (Å²) < 4.78 is 0. The largest absolute Gasteiger partial charge is 0.330 e. The molecule has 0 aromatic carbocycles. The van der Waals surface area contributed by atoms with E-state index in [1.165, 1.54) is 17.8 Å². The van der Waals surface area contributed by atoms with Crippen LogP contribution in [-0.2, 0) is 19.9 Å². The maximum absolute atomic E-state index is 5.54. The SMILES string of the molecule is Cn1nc2c(n1)CC(CCN)CC2. The summed E-state index contributed by atoms with van der Waals surface area (Å²) in [7, 11) is 1.89. The van der Waals surface area contributed by atoms with Gasteiger partial charge in [-0.3, -0.25) is 0 Å². The first-order chi connectivity index (χ1) is 6.29. The van der Waals surface area contributed by atoms with Crippen LogP contribution in [0.1, 0.15) is 24.2 Å². The summed E-state index contributed by atoms with van der Waals surface area (Å²) in [5.41, 5.74) is 7.92. The standard InChI is InChI=1S/C9H16N4/c1-13-11-8-3-2-7(4-5-10)6-9(8)12-13/h7H,2-6,10H2,1H3. The molecule has 0 aliphatic heterocycles. The molecule has 1 heterocycles. The minimum atomic E-state index is 0.731. The number of nitrogens with two attached hydrogens (primary N) is 1. The van der Waals surface area contributed by atoms with Gasteiger partial charge in [0.15, 0.2) is 0 Å². The molecule has 0 radical (unpaired) electrons. The first kappa shape index (κ1) is 8.69. The topological polar surface area (TPSA) is 56.7 Å². The Labute approximate surface area is 78.1 Å². The quantitative estimate of drug-likeness (QED) is 0.710. The van der Waals surface area contributed by atoms with E-state index in [1.54, 1.807) is 4.80 Å². The fourth-order valence-electron chi connectivity index (χ4n) is 2.04. The van der Waals surface area contributed by atoms with Crippen molar-refractivity contribution in [3.05, 3.63) is 11.4 Å². The molecule has 0 amide bonds. The van der Waals surface area contributed by atoms with Crippen molar-refractivity contribution < 1.29 is 0 Å². The van der Waals surface area contributed by atoms with Gasteiger partial charge in [0.05, 0.1) is 11.4 Å². The molecule has 13 heavy (non-hydrogen) atoms. The lowest BCUT2D eigenvalue weighted by atomic mass is 9.87. The number of aromatic nitrogens is 3. The molecule has 1 aliphatic rings. The molecule has 1 aliphatic carbocycles. The number of fused-ring (bicyclic) bond motifs is 1. The van der Waals surface area contributed by atoms with Crippen molar-refractivity contribution >= 4 is 0 Å². The van der Waals surface area contributed by atoms with Crippen LogP contribution in [0.15, 0.2) is 0 Å². The van der Waals surface area contributed by atoms with Gasteiger partial charge in [-0.1, -0.05) is 0 Å². The average molecular weight is 180 g/mol. The van der Waals surface area contributed by atoms with E-state index in [-0.39, 0.29) is 0 Å². The van der Waals surface area contributed by atoms with Gasteiger partial charge in [-0.25, -0.2) is 0 Å². The Morgan fingerprint density at radius 1 is 1.46 bits per heavy atom. The highest BCUT2D eigenvalue weighted by atomic mass is 15.5. The van der Waals surface area contributed by atoms with E-state index in [9.17, 15) is 0 Å². The molecular formula is C9H16N4. The Bertz CT molecular complexity index is 292. The maximum Gasteiger partial charge on any atom is 0.0861 e. The van der Waals surface area contributed by atoms with E-state index in [4.69, 9.17) is 5.73 Å². The van der Waals surface area contributed by atoms with Crippen LogP contribution >= 0.6 is 0 Å². The number of nitrogens with zero attached hydrogens (tertiary/aromatic N) is 3. The van der Waals surface area contributed by atoms with E-state index < -0.39 is 0 Å². The molecule has 0 bridgehead atoms. The van der Waals surface area contributed by atoms with Gasteiger partial charge in [0.2, 0.25) is 0 Å². The zero-order valence-corrected chi connectivity index (χ0v) is 8.03. The molecule has 0 fully saturated rings. The second kappa shape index (κ2) is 3.46. The molecular weight excluding hydrogens is 164 g/mol.